The van der Waals surface area contributed by atoms with Crippen molar-refractivity contribution in [3.05, 3.63) is 18.0 Å². The second-order valence-corrected chi connectivity index (χ2v) is 4.72. The van der Waals surface area contributed by atoms with Crippen molar-refractivity contribution in [3.8, 4) is 0 Å². The minimum Gasteiger partial charge on any atom is -0.481 e. The van der Waals surface area contributed by atoms with E-state index in [0.29, 0.717) is 31.7 Å². The van der Waals surface area contributed by atoms with Crippen molar-refractivity contribution in [2.45, 2.75) is 12.8 Å². The quantitative estimate of drug-likeness (QED) is 0.803. The Morgan fingerprint density at radius 2 is 2.21 bits per heavy atom. The zero-order valence-electron chi connectivity index (χ0n) is 10.8. The monoisotopic (exact) mass is 267 g/mol. The Balaban J connectivity index is 2.02. The molecule has 2 N–H and O–H groups in total. The summed E-state index contributed by atoms with van der Waals surface area (Å²) in [6, 6.07) is 1.59. The molecule has 7 nitrogen and oxygen atoms in total. The van der Waals surface area contributed by atoms with Crippen LogP contribution in [0.4, 0.5) is 0 Å². The minimum absolute atomic E-state index is 0.107. The van der Waals surface area contributed by atoms with E-state index in [1.807, 2.05) is 0 Å². The van der Waals surface area contributed by atoms with Crippen LogP contribution in [0.1, 0.15) is 23.3 Å². The number of nitrogens with zero attached hydrogens (tertiary/aromatic N) is 2. The molecule has 0 unspecified atom stereocenters. The molecule has 104 valence electrons. The third kappa shape index (κ3) is 2.76. The molecule has 2 heterocycles. The second kappa shape index (κ2) is 5.40. The summed E-state index contributed by atoms with van der Waals surface area (Å²) in [5, 5.41) is 15.9. The normalized spacial score (nSPS) is 17.9. The van der Waals surface area contributed by atoms with Crippen LogP contribution in [0.25, 0.3) is 0 Å². The third-order valence-corrected chi connectivity index (χ3v) is 3.54. The van der Waals surface area contributed by atoms with Crippen molar-refractivity contribution in [1.29, 1.82) is 0 Å². The highest BCUT2D eigenvalue weighted by molar-refractivity contribution is 5.92. The summed E-state index contributed by atoms with van der Waals surface area (Å²) in [6.45, 7) is 0.928. The number of hydrogen-bond donors (Lipinski definition) is 2. The summed E-state index contributed by atoms with van der Waals surface area (Å²) in [6.07, 6.45) is 2.35. The lowest BCUT2D eigenvalue weighted by Gasteiger charge is -2.33. The number of carbonyl (C=O) groups excluding carboxylic acids is 1. The maximum Gasteiger partial charge on any atom is 0.311 e. The van der Waals surface area contributed by atoms with Gasteiger partial charge in [0, 0.05) is 33.0 Å². The number of amides is 1. The number of ether oxygens (including phenoxy) is 1. The standard InChI is InChI=1S/C12H17N3O4/c1-15-9(2-5-14-15)10(16)13-8-12(11(17)18)3-6-19-7-4-12/h2,5H,3-4,6-8H2,1H3,(H,13,16)(H,17,18). The number of carbonyl (C=O) groups is 2. The molecule has 0 spiro atoms. The summed E-state index contributed by atoms with van der Waals surface area (Å²) in [5.41, 5.74) is -0.514. The van der Waals surface area contributed by atoms with E-state index in [1.165, 1.54) is 10.9 Å². The summed E-state index contributed by atoms with van der Waals surface area (Å²) in [4.78, 5) is 23.4. The summed E-state index contributed by atoms with van der Waals surface area (Å²) in [5.74, 6) is -1.20. The highest BCUT2D eigenvalue weighted by atomic mass is 16.5. The van der Waals surface area contributed by atoms with E-state index >= 15 is 0 Å². The molecule has 1 aromatic rings. The predicted octanol–water partition coefficient (Wildman–Crippen LogP) is 0.0313. The maximum absolute atomic E-state index is 11.9. The Bertz CT molecular complexity index is 477. The van der Waals surface area contributed by atoms with Gasteiger partial charge >= 0.3 is 5.97 Å². The van der Waals surface area contributed by atoms with Gasteiger partial charge in [0.2, 0.25) is 0 Å². The zero-order valence-corrected chi connectivity index (χ0v) is 10.8. The molecule has 1 aromatic heterocycles. The van der Waals surface area contributed by atoms with E-state index in [1.54, 1.807) is 13.1 Å². The average Bonchev–Trinajstić information content (AvgIpc) is 2.83. The molecule has 0 atom stereocenters. The van der Waals surface area contributed by atoms with Crippen LogP contribution in [0.2, 0.25) is 0 Å². The first-order valence-electron chi connectivity index (χ1n) is 6.12. The molecule has 0 saturated carbocycles. The Hall–Kier alpha value is -1.89. The Labute approximate surface area is 110 Å². The van der Waals surface area contributed by atoms with Crippen LogP contribution < -0.4 is 5.32 Å². The van der Waals surface area contributed by atoms with Crippen LogP contribution >= 0.6 is 0 Å². The van der Waals surface area contributed by atoms with Crippen molar-refractivity contribution < 1.29 is 19.4 Å². The highest BCUT2D eigenvalue weighted by Gasteiger charge is 2.40. The average molecular weight is 267 g/mol. The van der Waals surface area contributed by atoms with Gasteiger partial charge in [0.1, 0.15) is 5.69 Å². The Kier molecular flexibility index (Phi) is 3.84. The van der Waals surface area contributed by atoms with E-state index in [2.05, 4.69) is 10.4 Å². The first-order valence-corrected chi connectivity index (χ1v) is 6.12. The molecule has 0 bridgehead atoms. The molecule has 1 aliphatic rings. The number of aromatic nitrogens is 2. The van der Waals surface area contributed by atoms with Crippen molar-refractivity contribution in [3.63, 3.8) is 0 Å². The number of carboxylic acids is 1. The van der Waals surface area contributed by atoms with E-state index in [-0.39, 0.29) is 12.5 Å². The van der Waals surface area contributed by atoms with Crippen molar-refractivity contribution in [2.75, 3.05) is 19.8 Å². The number of aliphatic carboxylic acids is 1. The largest absolute Gasteiger partial charge is 0.481 e. The molecule has 1 amide bonds. The first kappa shape index (κ1) is 13.5. The van der Waals surface area contributed by atoms with Gasteiger partial charge in [-0.1, -0.05) is 0 Å². The maximum atomic E-state index is 11.9. The van der Waals surface area contributed by atoms with Crippen LogP contribution in [0, 0.1) is 5.41 Å². The number of carboxylic acid groups (broad SMARTS) is 1. The lowest BCUT2D eigenvalue weighted by atomic mass is 9.80. The molecular formula is C12H17N3O4. The van der Waals surface area contributed by atoms with Crippen molar-refractivity contribution in [1.82, 2.24) is 15.1 Å². The number of hydrogen-bond acceptors (Lipinski definition) is 4. The van der Waals surface area contributed by atoms with Gasteiger partial charge in [-0.2, -0.15) is 5.10 Å². The highest BCUT2D eigenvalue weighted by Crippen LogP contribution is 2.30. The Morgan fingerprint density at radius 3 is 2.74 bits per heavy atom. The van der Waals surface area contributed by atoms with Crippen LogP contribution in [-0.4, -0.2) is 46.5 Å². The van der Waals surface area contributed by atoms with E-state index in [9.17, 15) is 14.7 Å². The number of aryl methyl sites for hydroxylation is 1. The van der Waals surface area contributed by atoms with E-state index in [4.69, 9.17) is 4.74 Å². The van der Waals surface area contributed by atoms with E-state index in [0.717, 1.165) is 0 Å². The van der Waals surface area contributed by atoms with Crippen LogP contribution in [0.15, 0.2) is 12.3 Å². The van der Waals surface area contributed by atoms with Crippen molar-refractivity contribution >= 4 is 11.9 Å². The van der Waals surface area contributed by atoms with Crippen LogP contribution in [0.5, 0.6) is 0 Å². The molecule has 1 saturated heterocycles. The van der Waals surface area contributed by atoms with Gasteiger partial charge in [0.25, 0.3) is 5.91 Å². The molecule has 7 heteroatoms. The van der Waals surface area contributed by atoms with Gasteiger partial charge in [-0.25, -0.2) is 0 Å². The predicted molar refractivity (Wildman–Crippen MR) is 65.7 cm³/mol. The van der Waals surface area contributed by atoms with E-state index < -0.39 is 11.4 Å². The Morgan fingerprint density at radius 1 is 1.53 bits per heavy atom. The molecule has 19 heavy (non-hydrogen) atoms. The number of rotatable bonds is 4. The number of nitrogens with one attached hydrogen (secondary N) is 1. The summed E-state index contributed by atoms with van der Waals surface area (Å²) < 4.78 is 6.63. The van der Waals surface area contributed by atoms with Crippen LogP contribution in [0.3, 0.4) is 0 Å². The fourth-order valence-electron chi connectivity index (χ4n) is 2.17. The van der Waals surface area contributed by atoms with Crippen molar-refractivity contribution in [2.24, 2.45) is 12.5 Å². The lowest BCUT2D eigenvalue weighted by molar-refractivity contribution is -0.154. The van der Waals surface area contributed by atoms with Crippen LogP contribution in [-0.2, 0) is 16.6 Å². The smallest absolute Gasteiger partial charge is 0.311 e. The fraction of sp³-hybridized carbons (Fsp3) is 0.583. The topological polar surface area (TPSA) is 93.5 Å². The molecule has 2 rings (SSSR count). The molecular weight excluding hydrogens is 250 g/mol. The fourth-order valence-corrected chi connectivity index (χ4v) is 2.17. The van der Waals surface area contributed by atoms with Gasteiger partial charge in [-0.15, -0.1) is 0 Å². The molecule has 1 aliphatic heterocycles. The summed E-state index contributed by atoms with van der Waals surface area (Å²) >= 11 is 0. The molecule has 0 aromatic carbocycles. The van der Waals surface area contributed by atoms with Gasteiger partial charge in [-0.3, -0.25) is 14.3 Å². The second-order valence-electron chi connectivity index (χ2n) is 4.72. The SMILES string of the molecule is Cn1nccc1C(=O)NCC1(C(=O)O)CCOCC1. The third-order valence-electron chi connectivity index (χ3n) is 3.54. The van der Waals surface area contributed by atoms with Gasteiger partial charge in [0.15, 0.2) is 0 Å². The summed E-state index contributed by atoms with van der Waals surface area (Å²) in [7, 11) is 1.66. The zero-order chi connectivity index (χ0) is 13.9. The van der Waals surface area contributed by atoms with Gasteiger partial charge in [0.05, 0.1) is 5.41 Å². The minimum atomic E-state index is -0.924. The van der Waals surface area contributed by atoms with Gasteiger partial charge < -0.3 is 15.2 Å². The first-order chi connectivity index (χ1) is 9.05. The molecule has 0 aliphatic carbocycles. The lowest BCUT2D eigenvalue weighted by Crippen LogP contribution is -2.46. The molecule has 0 radical (unpaired) electrons. The van der Waals surface area contributed by atoms with Gasteiger partial charge in [-0.05, 0) is 18.9 Å². The molecule has 1 fully saturated rings.